The van der Waals surface area contributed by atoms with Crippen molar-refractivity contribution < 1.29 is 9.59 Å². The summed E-state index contributed by atoms with van der Waals surface area (Å²) < 4.78 is 1.07. The molecule has 0 aliphatic heterocycles. The monoisotopic (exact) mass is 438 g/mol. The van der Waals surface area contributed by atoms with Gasteiger partial charge in [-0.15, -0.1) is 11.3 Å². The van der Waals surface area contributed by atoms with E-state index in [2.05, 4.69) is 16.0 Å². The van der Waals surface area contributed by atoms with Crippen molar-refractivity contribution in [3.8, 4) is 0 Å². The number of halogens is 1. The van der Waals surface area contributed by atoms with Gasteiger partial charge in [0.25, 0.3) is 0 Å². The van der Waals surface area contributed by atoms with Gasteiger partial charge in [0.2, 0.25) is 11.8 Å². The van der Waals surface area contributed by atoms with Crippen LogP contribution < -0.4 is 16.8 Å². The zero-order chi connectivity index (χ0) is 21.2. The first-order valence-electron chi connectivity index (χ1n) is 10.3. The second kappa shape index (κ2) is 12.1. The lowest BCUT2D eigenvalue weighted by Gasteiger charge is -2.30. The van der Waals surface area contributed by atoms with Crippen molar-refractivity contribution >= 4 is 45.0 Å². The minimum Gasteiger partial charge on any atom is -0.370 e. The Balaban J connectivity index is 0.000000537. The first-order valence-corrected chi connectivity index (χ1v) is 11.4. The minimum atomic E-state index is -0.245. The van der Waals surface area contributed by atoms with Crippen LogP contribution in [0.1, 0.15) is 56.9 Å². The number of hydrogen-bond donors (Lipinski definition) is 3. The Labute approximate surface area is 181 Å². The number of carbonyl (C=O) groups excluding carboxylic acids is 2. The fraction of sp³-hybridized carbons (Fsp3) is 0.571. The maximum Gasteiger partial charge on any atom is 0.220 e. The van der Waals surface area contributed by atoms with E-state index in [0.717, 1.165) is 15.2 Å². The lowest BCUT2D eigenvalue weighted by Crippen LogP contribution is -2.45. The largest absolute Gasteiger partial charge is 0.370 e. The van der Waals surface area contributed by atoms with Crippen LogP contribution in [-0.2, 0) is 16.0 Å². The highest BCUT2D eigenvalue weighted by Crippen LogP contribution is 2.27. The normalized spacial score (nSPS) is 15.4. The number of aromatic nitrogens is 1. The van der Waals surface area contributed by atoms with Gasteiger partial charge < -0.3 is 16.8 Å². The van der Waals surface area contributed by atoms with E-state index in [0.29, 0.717) is 36.7 Å². The van der Waals surface area contributed by atoms with Gasteiger partial charge in [-0.1, -0.05) is 37.8 Å². The number of nitrogens with zero attached hydrogens (tertiary/aromatic N) is 1. The lowest BCUT2D eigenvalue weighted by molar-refractivity contribution is -0.122. The van der Waals surface area contributed by atoms with Crippen LogP contribution in [-0.4, -0.2) is 29.4 Å². The average Bonchev–Trinajstić information content (AvgIpc) is 3.13. The van der Waals surface area contributed by atoms with Crippen LogP contribution in [0.3, 0.4) is 0 Å². The number of carbonyl (C=O) groups is 2. The molecule has 0 saturated heterocycles. The molecule has 0 spiro atoms. The summed E-state index contributed by atoms with van der Waals surface area (Å²) in [4.78, 5) is 26.4. The van der Waals surface area contributed by atoms with Crippen molar-refractivity contribution in [3.63, 3.8) is 0 Å². The summed E-state index contributed by atoms with van der Waals surface area (Å²) in [6.07, 6.45) is 7.74. The van der Waals surface area contributed by atoms with E-state index in [4.69, 9.17) is 17.3 Å². The van der Waals surface area contributed by atoms with E-state index in [-0.39, 0.29) is 17.9 Å². The number of rotatable bonds is 7. The second-order valence-electron chi connectivity index (χ2n) is 7.35. The van der Waals surface area contributed by atoms with Gasteiger partial charge >= 0.3 is 0 Å². The van der Waals surface area contributed by atoms with Crippen molar-refractivity contribution in [1.29, 1.82) is 0 Å². The van der Waals surface area contributed by atoms with Crippen molar-refractivity contribution in [2.24, 2.45) is 17.4 Å². The molecule has 8 heteroatoms. The van der Waals surface area contributed by atoms with Crippen LogP contribution in [0, 0.1) is 5.92 Å². The molecule has 0 bridgehead atoms. The third-order valence-corrected chi connectivity index (χ3v) is 6.44. The predicted octanol–water partition coefficient (Wildman–Crippen LogP) is 3.79. The maximum atomic E-state index is 12.3. The highest BCUT2D eigenvalue weighted by molar-refractivity contribution is 7.18. The summed E-state index contributed by atoms with van der Waals surface area (Å²) >= 11 is 7.61. The Morgan fingerprint density at radius 2 is 2.00 bits per heavy atom. The molecule has 1 aromatic carbocycles. The molecule has 1 aliphatic rings. The van der Waals surface area contributed by atoms with Crippen molar-refractivity contribution in [2.75, 3.05) is 6.54 Å². The molecule has 5 N–H and O–H groups in total. The van der Waals surface area contributed by atoms with Crippen LogP contribution >= 0.6 is 22.9 Å². The standard InChI is InChI=1S/C18H24ClN3OS.C3H7NO/c19-13-6-7-14-16(10-13)24-18(22-14)9-8-17(23)21-15(11-20)12-4-2-1-3-5-12;1-2-3(4)5/h6-7,10,12,15H,1-5,8-9,11,20H2,(H,21,23);2H2,1H3,(H2,4,5). The van der Waals surface area contributed by atoms with Crippen molar-refractivity contribution in [1.82, 2.24) is 10.3 Å². The fourth-order valence-electron chi connectivity index (χ4n) is 3.46. The highest BCUT2D eigenvalue weighted by Gasteiger charge is 2.23. The molecule has 1 aliphatic carbocycles. The van der Waals surface area contributed by atoms with Gasteiger partial charge in [0.05, 0.1) is 15.2 Å². The molecular formula is C21H31ClN4O2S. The summed E-state index contributed by atoms with van der Waals surface area (Å²) in [5, 5.41) is 4.83. The van der Waals surface area contributed by atoms with E-state index in [1.807, 2.05) is 18.2 Å². The third-order valence-electron chi connectivity index (χ3n) is 5.13. The SMILES string of the molecule is CCC(N)=O.NCC(NC(=O)CCc1nc2ccc(Cl)cc2s1)C1CCCCC1. The Morgan fingerprint density at radius 3 is 2.62 bits per heavy atom. The first-order chi connectivity index (χ1) is 13.9. The number of amides is 2. The van der Waals surface area contributed by atoms with Gasteiger partial charge in [0.1, 0.15) is 0 Å². The fourth-order valence-corrected chi connectivity index (χ4v) is 4.70. The number of nitrogens with one attached hydrogen (secondary N) is 1. The van der Waals surface area contributed by atoms with Crippen LogP contribution in [0.15, 0.2) is 18.2 Å². The molecule has 160 valence electrons. The molecule has 29 heavy (non-hydrogen) atoms. The molecule has 3 rings (SSSR count). The lowest BCUT2D eigenvalue weighted by atomic mass is 9.84. The number of nitrogens with two attached hydrogens (primary N) is 2. The summed E-state index contributed by atoms with van der Waals surface area (Å²) in [7, 11) is 0. The third kappa shape index (κ3) is 7.91. The Morgan fingerprint density at radius 1 is 1.31 bits per heavy atom. The summed E-state index contributed by atoms with van der Waals surface area (Å²) in [5.74, 6) is 0.371. The predicted molar refractivity (Wildman–Crippen MR) is 120 cm³/mol. The van der Waals surface area contributed by atoms with Crippen LogP contribution in [0.5, 0.6) is 0 Å². The number of fused-ring (bicyclic) bond motifs is 1. The Bertz CT molecular complexity index is 805. The molecule has 0 radical (unpaired) electrons. The van der Waals surface area contributed by atoms with Gasteiger partial charge in [-0.3, -0.25) is 9.59 Å². The first kappa shape index (κ1) is 23.6. The summed E-state index contributed by atoms with van der Waals surface area (Å²) in [6, 6.07) is 5.81. The van der Waals surface area contributed by atoms with Gasteiger partial charge in [0, 0.05) is 36.9 Å². The summed E-state index contributed by atoms with van der Waals surface area (Å²) in [6.45, 7) is 2.25. The van der Waals surface area contributed by atoms with E-state index >= 15 is 0 Å². The van der Waals surface area contributed by atoms with Crippen molar-refractivity contribution in [2.45, 2.75) is 64.3 Å². The number of aryl methyl sites for hydroxylation is 1. The van der Waals surface area contributed by atoms with E-state index < -0.39 is 0 Å². The minimum absolute atomic E-state index is 0.0771. The molecule has 1 fully saturated rings. The molecule has 1 atom stereocenters. The second-order valence-corrected chi connectivity index (χ2v) is 8.90. The maximum absolute atomic E-state index is 12.3. The molecular weight excluding hydrogens is 408 g/mol. The summed E-state index contributed by atoms with van der Waals surface area (Å²) in [5.41, 5.74) is 11.5. The zero-order valence-corrected chi connectivity index (χ0v) is 18.5. The van der Waals surface area contributed by atoms with Gasteiger partial charge in [-0.2, -0.15) is 0 Å². The molecule has 1 unspecified atom stereocenters. The highest BCUT2D eigenvalue weighted by atomic mass is 35.5. The molecule has 1 heterocycles. The van der Waals surface area contributed by atoms with Crippen LogP contribution in [0.2, 0.25) is 5.02 Å². The number of thiazole rings is 1. The van der Waals surface area contributed by atoms with E-state index in [9.17, 15) is 9.59 Å². The number of hydrogen-bond acceptors (Lipinski definition) is 5. The van der Waals surface area contributed by atoms with Gasteiger partial charge in [-0.25, -0.2) is 4.98 Å². The van der Waals surface area contributed by atoms with Gasteiger partial charge in [0.15, 0.2) is 0 Å². The molecule has 6 nitrogen and oxygen atoms in total. The quantitative estimate of drug-likeness (QED) is 0.610. The molecule has 1 saturated carbocycles. The Hall–Kier alpha value is -1.70. The number of benzene rings is 1. The zero-order valence-electron chi connectivity index (χ0n) is 17.0. The molecule has 2 amide bonds. The number of primary amides is 1. The Kier molecular flexibility index (Phi) is 9.84. The van der Waals surface area contributed by atoms with Gasteiger partial charge in [-0.05, 0) is 37.0 Å². The van der Waals surface area contributed by atoms with Crippen molar-refractivity contribution in [3.05, 3.63) is 28.2 Å². The average molecular weight is 439 g/mol. The van der Waals surface area contributed by atoms with Crippen LogP contribution in [0.4, 0.5) is 0 Å². The topological polar surface area (TPSA) is 111 Å². The smallest absolute Gasteiger partial charge is 0.220 e. The van der Waals surface area contributed by atoms with E-state index in [1.54, 1.807) is 18.3 Å². The van der Waals surface area contributed by atoms with E-state index in [1.165, 1.54) is 32.1 Å². The molecule has 1 aromatic heterocycles. The molecule has 2 aromatic rings. The van der Waals surface area contributed by atoms with Crippen LogP contribution in [0.25, 0.3) is 10.2 Å².